The monoisotopic (exact) mass is 247 g/mol. The van der Waals surface area contributed by atoms with Crippen molar-refractivity contribution >= 4 is 29.9 Å². The van der Waals surface area contributed by atoms with Crippen LogP contribution in [0.4, 0.5) is 5.69 Å². The largest absolute Gasteiger partial charge is 0.493 e. The number of carbonyl (C=O) groups excluding carboxylic acids is 2. The zero-order valence-corrected chi connectivity index (χ0v) is 9.91. The van der Waals surface area contributed by atoms with Gasteiger partial charge in [-0.15, -0.1) is 4.58 Å². The first kappa shape index (κ1) is 12.0. The van der Waals surface area contributed by atoms with Crippen LogP contribution in [0.1, 0.15) is 0 Å². The van der Waals surface area contributed by atoms with Gasteiger partial charge in [0.1, 0.15) is 0 Å². The number of amides is 2. The molecule has 0 aromatic heterocycles. The molecule has 92 valence electrons. The predicted molar refractivity (Wildman–Crippen MR) is 64.0 cm³/mol. The number of ether oxygens (including phenoxy) is 2. The summed E-state index contributed by atoms with van der Waals surface area (Å²) in [6.45, 7) is 0. The fourth-order valence-electron chi connectivity index (χ4n) is 1.57. The number of methoxy groups -OCH3 is 2. The molecule has 1 aromatic carbocycles. The van der Waals surface area contributed by atoms with Crippen LogP contribution in [-0.4, -0.2) is 43.0 Å². The fourth-order valence-corrected chi connectivity index (χ4v) is 1.57. The summed E-state index contributed by atoms with van der Waals surface area (Å²) in [5, 5.41) is 0. The molecule has 6 nitrogen and oxygen atoms in total. The zero-order chi connectivity index (χ0) is 13.1. The first-order chi connectivity index (χ1) is 8.67. The molecule has 18 heavy (non-hydrogen) atoms. The minimum atomic E-state index is -0.799. The maximum Gasteiger partial charge on any atom is 0.485 e. The smallest absolute Gasteiger partial charge is 0.485 e. The van der Waals surface area contributed by atoms with Crippen LogP contribution in [0.15, 0.2) is 23.2 Å². The maximum atomic E-state index is 11.6. The van der Waals surface area contributed by atoms with Crippen molar-refractivity contribution in [1.82, 2.24) is 0 Å². The van der Waals surface area contributed by atoms with E-state index in [9.17, 15) is 9.59 Å². The summed E-state index contributed by atoms with van der Waals surface area (Å²) >= 11 is 0. The molecule has 1 aliphatic heterocycles. The van der Waals surface area contributed by atoms with Crippen LogP contribution in [0.5, 0.6) is 11.5 Å². The van der Waals surface area contributed by atoms with Gasteiger partial charge < -0.3 is 9.47 Å². The molecule has 0 saturated carbocycles. The molecule has 0 N–H and O–H groups in total. The minimum absolute atomic E-state index is 0.478. The van der Waals surface area contributed by atoms with Crippen molar-refractivity contribution in [3.63, 3.8) is 0 Å². The predicted octanol–water partition coefficient (Wildman–Crippen LogP) is 0.556. The van der Waals surface area contributed by atoms with Gasteiger partial charge in [0.15, 0.2) is 17.7 Å². The van der Waals surface area contributed by atoms with Crippen molar-refractivity contribution < 1.29 is 23.6 Å². The lowest BCUT2D eigenvalue weighted by Crippen LogP contribution is -2.28. The summed E-state index contributed by atoms with van der Waals surface area (Å²) in [5.41, 5.74) is 0.511. The van der Waals surface area contributed by atoms with E-state index in [0.717, 1.165) is 0 Å². The van der Waals surface area contributed by atoms with Crippen molar-refractivity contribution in [2.45, 2.75) is 0 Å². The quantitative estimate of drug-likeness (QED) is 0.578. The van der Waals surface area contributed by atoms with E-state index in [2.05, 4.69) is 4.99 Å². The van der Waals surface area contributed by atoms with E-state index in [-0.39, 0.29) is 0 Å². The molecule has 2 amide bonds. The fraction of sp³-hybridized carbons (Fsp3) is 0.167. The highest BCUT2D eigenvalue weighted by atomic mass is 16.5. The van der Waals surface area contributed by atoms with Crippen LogP contribution in [0, 0.1) is 0 Å². The Balaban J connectivity index is 2.46. The van der Waals surface area contributed by atoms with E-state index in [4.69, 9.17) is 9.47 Å². The minimum Gasteiger partial charge on any atom is -0.493 e. The van der Waals surface area contributed by atoms with Gasteiger partial charge in [0.25, 0.3) is 0 Å². The molecular weight excluding hydrogens is 236 g/mol. The molecule has 2 rings (SSSR count). The van der Waals surface area contributed by atoms with E-state index in [1.165, 1.54) is 31.2 Å². The average molecular weight is 247 g/mol. The maximum absolute atomic E-state index is 11.6. The number of hydrogen-bond donors (Lipinski definition) is 0. The number of nitrogens with zero attached hydrogens (tertiary/aromatic N) is 2. The van der Waals surface area contributed by atoms with Gasteiger partial charge in [0.2, 0.25) is 5.69 Å². The second kappa shape index (κ2) is 4.79. The van der Waals surface area contributed by atoms with E-state index < -0.39 is 11.8 Å². The highest BCUT2D eigenvalue weighted by molar-refractivity contribution is 6.39. The summed E-state index contributed by atoms with van der Waals surface area (Å²) in [6, 6.07) is 4.92. The van der Waals surface area contributed by atoms with Gasteiger partial charge in [-0.2, -0.15) is 0 Å². The molecule has 0 fully saturated rings. The van der Waals surface area contributed by atoms with Gasteiger partial charge in [0, 0.05) is 6.07 Å². The standard InChI is InChI=1S/C12H11N2O4/c1-17-9-4-3-8(7-10(9)18-2)14-6-5-13-11(15)12(14)16/h3-7H,1-2H3/q+1. The molecule has 0 aliphatic carbocycles. The van der Waals surface area contributed by atoms with Gasteiger partial charge in [0.05, 0.1) is 26.5 Å². The molecule has 0 atom stereocenters. The number of benzene rings is 1. The summed E-state index contributed by atoms with van der Waals surface area (Å²) in [7, 11) is 3.02. The van der Waals surface area contributed by atoms with Crippen LogP contribution in [0.2, 0.25) is 0 Å². The van der Waals surface area contributed by atoms with Crippen LogP contribution >= 0.6 is 0 Å². The molecule has 0 saturated heterocycles. The zero-order valence-electron chi connectivity index (χ0n) is 9.91. The molecule has 0 radical (unpaired) electrons. The third-order valence-electron chi connectivity index (χ3n) is 2.45. The van der Waals surface area contributed by atoms with Gasteiger partial charge in [-0.3, -0.25) is 4.79 Å². The highest BCUT2D eigenvalue weighted by Crippen LogP contribution is 2.30. The Kier molecular flexibility index (Phi) is 3.18. The third kappa shape index (κ3) is 2.00. The number of hydrogen-bond acceptors (Lipinski definition) is 4. The topological polar surface area (TPSA) is 68.0 Å². The number of carbonyl (C=O) groups is 2. The molecule has 0 unspecified atom stereocenters. The Morgan fingerprint density at radius 2 is 1.83 bits per heavy atom. The van der Waals surface area contributed by atoms with Crippen molar-refractivity contribution in [3.05, 3.63) is 18.2 Å². The summed E-state index contributed by atoms with van der Waals surface area (Å²) in [6.07, 6.45) is 2.70. The molecular formula is C12H11N2O4+. The van der Waals surface area contributed by atoms with E-state index in [1.807, 2.05) is 0 Å². The third-order valence-corrected chi connectivity index (χ3v) is 2.45. The lowest BCUT2D eigenvalue weighted by Gasteiger charge is -2.07. The molecule has 1 heterocycles. The number of rotatable bonds is 3. The Hall–Kier alpha value is -2.50. The Labute approximate surface area is 103 Å². The average Bonchev–Trinajstić information content (AvgIpc) is 2.41. The summed E-state index contributed by atoms with van der Waals surface area (Å²) in [5.74, 6) is -0.478. The normalized spacial score (nSPS) is 14.4. The van der Waals surface area contributed by atoms with E-state index in [0.29, 0.717) is 17.2 Å². The first-order valence-electron chi connectivity index (χ1n) is 5.14. The number of aliphatic imine (C=N–C) groups is 1. The van der Waals surface area contributed by atoms with Crippen molar-refractivity contribution in [2.75, 3.05) is 14.2 Å². The lowest BCUT2D eigenvalue weighted by molar-refractivity contribution is -0.356. The van der Waals surface area contributed by atoms with Crippen molar-refractivity contribution in [2.24, 2.45) is 4.99 Å². The summed E-state index contributed by atoms with van der Waals surface area (Å²) < 4.78 is 11.4. The molecule has 1 aromatic rings. The molecule has 6 heteroatoms. The Morgan fingerprint density at radius 1 is 1.11 bits per heavy atom. The van der Waals surface area contributed by atoms with Crippen LogP contribution in [0.3, 0.4) is 0 Å². The SMILES string of the molecule is COc1ccc([N+]2=CC=NC(=O)C2=O)cc1OC. The second-order valence-electron chi connectivity index (χ2n) is 3.45. The molecule has 0 bridgehead atoms. The van der Waals surface area contributed by atoms with Gasteiger partial charge in [-0.05, 0) is 6.07 Å². The van der Waals surface area contributed by atoms with E-state index in [1.54, 1.807) is 18.2 Å². The van der Waals surface area contributed by atoms with Crippen LogP contribution in [-0.2, 0) is 9.59 Å². The molecule has 0 spiro atoms. The lowest BCUT2D eigenvalue weighted by atomic mass is 10.2. The van der Waals surface area contributed by atoms with E-state index >= 15 is 0 Å². The molecule has 1 aliphatic rings. The Bertz CT molecular complexity index is 575. The van der Waals surface area contributed by atoms with Gasteiger partial charge in [-0.1, -0.05) is 0 Å². The van der Waals surface area contributed by atoms with Crippen LogP contribution < -0.4 is 9.47 Å². The van der Waals surface area contributed by atoms with Crippen LogP contribution in [0.25, 0.3) is 0 Å². The van der Waals surface area contributed by atoms with Gasteiger partial charge in [-0.25, -0.2) is 9.79 Å². The second-order valence-corrected chi connectivity index (χ2v) is 3.45. The van der Waals surface area contributed by atoms with Crippen molar-refractivity contribution in [1.29, 1.82) is 0 Å². The van der Waals surface area contributed by atoms with Gasteiger partial charge >= 0.3 is 11.8 Å². The Morgan fingerprint density at radius 3 is 2.50 bits per heavy atom. The van der Waals surface area contributed by atoms with Crippen molar-refractivity contribution in [3.8, 4) is 11.5 Å². The highest BCUT2D eigenvalue weighted by Gasteiger charge is 2.31. The first-order valence-corrected chi connectivity index (χ1v) is 5.14. The summed E-state index contributed by atoms with van der Waals surface area (Å²) in [4.78, 5) is 26.2.